The van der Waals surface area contributed by atoms with Crippen LogP contribution in [0.3, 0.4) is 0 Å². The second kappa shape index (κ2) is 17.1. The molecule has 0 saturated carbocycles. The van der Waals surface area contributed by atoms with Crippen LogP contribution in [0.2, 0.25) is 0 Å². The van der Waals surface area contributed by atoms with Crippen molar-refractivity contribution in [1.29, 1.82) is 0 Å². The van der Waals surface area contributed by atoms with E-state index < -0.39 is 29.1 Å². The molecule has 0 bridgehead atoms. The number of nitrogens with one attached hydrogen (secondary N) is 2. The number of benzene rings is 3. The lowest BCUT2D eigenvalue weighted by molar-refractivity contribution is -0.140. The minimum absolute atomic E-state index is 0. The second-order valence-electron chi connectivity index (χ2n) is 10.1. The molecule has 15 heteroatoms. The molecule has 0 atom stereocenters. The van der Waals surface area contributed by atoms with Gasteiger partial charge in [0.1, 0.15) is 40.0 Å². The van der Waals surface area contributed by atoms with E-state index in [9.17, 15) is 28.4 Å². The number of hydrogen-bond acceptors (Lipinski definition) is 10. The van der Waals surface area contributed by atoms with Crippen LogP contribution in [0.15, 0.2) is 82.4 Å². The van der Waals surface area contributed by atoms with Crippen LogP contribution in [0, 0.1) is 5.82 Å². The molecule has 0 spiro atoms. The number of aromatic nitrogens is 4. The molecule has 14 nitrogen and oxygen atoms in total. The number of para-hydroxylation sites is 4. The summed E-state index contributed by atoms with van der Waals surface area (Å²) in [4.78, 5) is 61.1. The fourth-order valence-electron chi connectivity index (χ4n) is 4.74. The monoisotopic (exact) mass is 695 g/mol. The first-order chi connectivity index (χ1) is 23.6. The lowest BCUT2D eigenvalue weighted by Crippen LogP contribution is -2.22. The Balaban J connectivity index is 0.000000372. The molecule has 2 N–H and O–H groups in total. The first-order valence-corrected chi connectivity index (χ1v) is 14.5. The Labute approximate surface area is 287 Å². The number of ether oxygens (including phenoxy) is 5. The van der Waals surface area contributed by atoms with Crippen molar-refractivity contribution in [2.45, 2.75) is 20.3 Å². The number of ketones is 1. The van der Waals surface area contributed by atoms with Gasteiger partial charge in [0, 0.05) is 19.3 Å². The smallest absolute Gasteiger partial charge is 0.311 e. The molecular formula is C35H39FN4O10. The molecular weight excluding hydrogens is 655 g/mol. The number of carbonyl (C=O) groups excluding carboxylic acids is 3. The molecule has 0 aliphatic heterocycles. The van der Waals surface area contributed by atoms with Crippen molar-refractivity contribution < 1.29 is 43.9 Å². The maximum absolute atomic E-state index is 14.5. The molecule has 2 aromatic heterocycles. The number of esters is 2. The van der Waals surface area contributed by atoms with E-state index in [1.54, 1.807) is 42.5 Å². The van der Waals surface area contributed by atoms with Crippen molar-refractivity contribution >= 4 is 17.7 Å². The van der Waals surface area contributed by atoms with Gasteiger partial charge in [-0.05, 0) is 36.4 Å². The van der Waals surface area contributed by atoms with Gasteiger partial charge in [0.05, 0.1) is 59.6 Å². The fraction of sp³-hybridized carbons (Fsp3) is 0.229. The molecule has 0 unspecified atom stereocenters. The lowest BCUT2D eigenvalue weighted by atomic mass is 10.0. The Kier molecular flexibility index (Phi) is 13.1. The van der Waals surface area contributed by atoms with Crippen LogP contribution in [-0.4, -0.2) is 72.8 Å². The van der Waals surface area contributed by atoms with E-state index in [-0.39, 0.29) is 49.8 Å². The molecule has 2 heterocycles. The number of nitrogens with zero attached hydrogens (tertiary/aromatic N) is 2. The first kappa shape index (κ1) is 38.1. The van der Waals surface area contributed by atoms with E-state index in [2.05, 4.69) is 19.7 Å². The summed E-state index contributed by atoms with van der Waals surface area (Å²) in [6.45, 7) is 0. The summed E-state index contributed by atoms with van der Waals surface area (Å²) < 4.78 is 41.5. The average Bonchev–Trinajstić information content (AvgIpc) is 3.65. The van der Waals surface area contributed by atoms with E-state index in [0.717, 1.165) is 10.7 Å². The maximum atomic E-state index is 14.5. The van der Waals surface area contributed by atoms with Gasteiger partial charge in [0.25, 0.3) is 11.1 Å². The number of carbonyl (C=O) groups is 3. The average molecular weight is 696 g/mol. The van der Waals surface area contributed by atoms with Gasteiger partial charge < -0.3 is 23.7 Å². The van der Waals surface area contributed by atoms with Gasteiger partial charge in [0.15, 0.2) is 0 Å². The maximum Gasteiger partial charge on any atom is 0.311 e. The zero-order valence-corrected chi connectivity index (χ0v) is 27.2. The van der Waals surface area contributed by atoms with E-state index in [0.29, 0.717) is 28.6 Å². The normalized spacial score (nSPS) is 10.2. The molecule has 3 aromatic carbocycles. The Morgan fingerprint density at radius 1 is 0.720 bits per heavy atom. The van der Waals surface area contributed by atoms with E-state index in [4.69, 9.17) is 14.2 Å². The molecule has 266 valence electrons. The Hall–Kier alpha value is -6.38. The molecule has 0 fully saturated rings. The molecule has 0 saturated heterocycles. The zero-order valence-electron chi connectivity index (χ0n) is 27.2. The number of halogens is 1. The highest BCUT2D eigenvalue weighted by atomic mass is 19.1. The van der Waals surface area contributed by atoms with Crippen LogP contribution in [0.1, 0.15) is 36.2 Å². The highest BCUT2D eigenvalue weighted by Crippen LogP contribution is 2.24. The van der Waals surface area contributed by atoms with Crippen LogP contribution >= 0.6 is 0 Å². The minimum Gasteiger partial charge on any atom is -0.497 e. The minimum atomic E-state index is -0.871. The van der Waals surface area contributed by atoms with Crippen molar-refractivity contribution in [3.8, 4) is 28.6 Å². The fourth-order valence-corrected chi connectivity index (χ4v) is 4.74. The highest BCUT2D eigenvalue weighted by molar-refractivity contribution is 6.10. The number of methoxy groups -OCH3 is 5. The summed E-state index contributed by atoms with van der Waals surface area (Å²) in [5, 5.41) is 5.62. The van der Waals surface area contributed by atoms with Gasteiger partial charge in [-0.1, -0.05) is 31.7 Å². The summed E-state index contributed by atoms with van der Waals surface area (Å²) >= 11 is 0. The summed E-state index contributed by atoms with van der Waals surface area (Å²) in [6, 6.07) is 18.8. The molecule has 5 aromatic rings. The molecule has 0 aliphatic rings. The first-order valence-electron chi connectivity index (χ1n) is 14.5. The van der Waals surface area contributed by atoms with Crippen LogP contribution in [0.4, 0.5) is 4.39 Å². The van der Waals surface area contributed by atoms with E-state index in [1.165, 1.54) is 58.4 Å². The molecule has 0 aliphatic carbocycles. The van der Waals surface area contributed by atoms with Crippen molar-refractivity contribution in [3.63, 3.8) is 0 Å². The highest BCUT2D eigenvalue weighted by Gasteiger charge is 2.27. The van der Waals surface area contributed by atoms with Crippen LogP contribution < -0.4 is 25.3 Å². The van der Waals surface area contributed by atoms with Crippen molar-refractivity contribution in [2.24, 2.45) is 0 Å². The number of H-pyrrole nitrogens is 2. The third-order valence-corrected chi connectivity index (χ3v) is 7.15. The predicted octanol–water partition coefficient (Wildman–Crippen LogP) is 4.04. The van der Waals surface area contributed by atoms with Gasteiger partial charge in [0.2, 0.25) is 5.78 Å². The van der Waals surface area contributed by atoms with Crippen molar-refractivity contribution in [3.05, 3.63) is 122 Å². The van der Waals surface area contributed by atoms with Gasteiger partial charge in [-0.25, -0.2) is 13.8 Å². The third-order valence-electron chi connectivity index (χ3n) is 7.15. The van der Waals surface area contributed by atoms with Crippen LogP contribution in [-0.2, 0) is 31.9 Å². The van der Waals surface area contributed by atoms with Crippen molar-refractivity contribution in [1.82, 2.24) is 19.6 Å². The van der Waals surface area contributed by atoms with Gasteiger partial charge in [-0.15, -0.1) is 0 Å². The van der Waals surface area contributed by atoms with Gasteiger partial charge in [-0.3, -0.25) is 34.2 Å². The number of rotatable bonds is 11. The topological polar surface area (TPSA) is 173 Å². The van der Waals surface area contributed by atoms with E-state index >= 15 is 0 Å². The Morgan fingerprint density at radius 3 is 1.82 bits per heavy atom. The summed E-state index contributed by atoms with van der Waals surface area (Å²) in [6.07, 6.45) is -0.360. The molecule has 5 rings (SSSR count). The number of aromatic amines is 2. The summed E-state index contributed by atoms with van der Waals surface area (Å²) in [5.74, 6) is -1.66. The van der Waals surface area contributed by atoms with Gasteiger partial charge in [-0.2, -0.15) is 0 Å². The Morgan fingerprint density at radius 2 is 1.28 bits per heavy atom. The molecule has 50 heavy (non-hydrogen) atoms. The molecule has 0 amide bonds. The zero-order chi connectivity index (χ0) is 35.7. The summed E-state index contributed by atoms with van der Waals surface area (Å²) in [5.41, 5.74) is -0.306. The van der Waals surface area contributed by atoms with Crippen LogP contribution in [0.25, 0.3) is 11.4 Å². The standard InChI is InChI=1S/C21H19FN2O6.C13H14N2O4.CH4.H2/c1-28-12-8-9-13(14(22)10-12)20(26)19-15(11-18(25)30-3)23-24(21(19)27)16-6-4-5-7-17(16)29-2;1-18-11-6-4-3-5-10(11)15-12(16)7-9(14-15)8-13(17)19-2;;/h4-10,23H,11H2,1-3H3;3-7,14H,8H2,1-2H3;1H4;1H/i;;;1+1. The summed E-state index contributed by atoms with van der Waals surface area (Å²) in [7, 11) is 6.81. The lowest BCUT2D eigenvalue weighted by Gasteiger charge is -2.07. The van der Waals surface area contributed by atoms with Crippen molar-refractivity contribution in [2.75, 3.05) is 35.5 Å². The Bertz CT molecular complexity index is 2100. The second-order valence-corrected chi connectivity index (χ2v) is 10.1. The predicted molar refractivity (Wildman–Crippen MR) is 183 cm³/mol. The SMILES string of the molecule is C.COC(=O)Cc1[nH]n(-c2ccccc2OC)c(=O)c1C(=O)c1ccc(OC)cc1F.COC(=O)Cc1cc(=O)n(-c2ccccc2OC)[nH]1.[2HH]. The number of hydrogen-bond donors (Lipinski definition) is 2. The largest absolute Gasteiger partial charge is 0.497 e. The molecule has 0 radical (unpaired) electrons. The third kappa shape index (κ3) is 8.36. The van der Waals surface area contributed by atoms with E-state index in [1.807, 2.05) is 6.07 Å². The van der Waals surface area contributed by atoms with Crippen LogP contribution in [0.5, 0.6) is 17.2 Å². The van der Waals surface area contributed by atoms with Gasteiger partial charge >= 0.3 is 11.9 Å². The quantitative estimate of drug-likeness (QED) is 0.152.